The number of aliphatic carboxylic acids is 1. The summed E-state index contributed by atoms with van der Waals surface area (Å²) < 4.78 is 5.39. The molecule has 2 rings (SSSR count). The van der Waals surface area contributed by atoms with Crippen molar-refractivity contribution in [2.75, 3.05) is 31.8 Å². The molecule has 1 N–H and O–H groups in total. The van der Waals surface area contributed by atoms with Gasteiger partial charge in [-0.15, -0.1) is 11.8 Å². The maximum Gasteiger partial charge on any atom is 0.327 e. The number of hydrogen-bond acceptors (Lipinski definition) is 4. The van der Waals surface area contributed by atoms with E-state index in [4.69, 9.17) is 9.84 Å². The molecule has 108 valence electrons. The number of hydrogen-bond donors (Lipinski definition) is 1. The Kier molecular flexibility index (Phi) is 4.57. The minimum Gasteiger partial charge on any atom is -0.480 e. The first-order valence-corrected chi connectivity index (χ1v) is 7.59. The highest BCUT2D eigenvalue weighted by Gasteiger charge is 2.38. The number of ether oxygens (including phenoxy) is 1. The van der Waals surface area contributed by atoms with Gasteiger partial charge in [-0.25, -0.2) is 9.59 Å². The van der Waals surface area contributed by atoms with E-state index < -0.39 is 12.0 Å². The van der Waals surface area contributed by atoms with Crippen LogP contribution in [0.1, 0.15) is 13.3 Å². The van der Waals surface area contributed by atoms with Gasteiger partial charge in [0.1, 0.15) is 6.04 Å². The summed E-state index contributed by atoms with van der Waals surface area (Å²) in [7, 11) is 1.65. The number of amides is 2. The second-order valence-corrected chi connectivity index (χ2v) is 6.09. The van der Waals surface area contributed by atoms with Crippen molar-refractivity contribution in [3.05, 3.63) is 0 Å². The summed E-state index contributed by atoms with van der Waals surface area (Å²) >= 11 is 1.48. The molecule has 2 saturated heterocycles. The molecular formula is C12H20N2O4S. The first-order chi connectivity index (χ1) is 9.04. The van der Waals surface area contributed by atoms with Crippen molar-refractivity contribution < 1.29 is 19.4 Å². The second kappa shape index (κ2) is 6.00. The quantitative estimate of drug-likeness (QED) is 0.818. The molecule has 0 radical (unpaired) electrons. The summed E-state index contributed by atoms with van der Waals surface area (Å²) in [5.74, 6) is 0.433. The Morgan fingerprint density at radius 1 is 1.42 bits per heavy atom. The van der Waals surface area contributed by atoms with Gasteiger partial charge in [-0.3, -0.25) is 0 Å². The lowest BCUT2D eigenvalue weighted by atomic mass is 9.96. The summed E-state index contributed by atoms with van der Waals surface area (Å²) in [5, 5.41) is 9.12. The minimum absolute atomic E-state index is 0.0382. The number of urea groups is 1. The van der Waals surface area contributed by atoms with Crippen LogP contribution in [0.5, 0.6) is 0 Å². The van der Waals surface area contributed by atoms with Crippen molar-refractivity contribution in [2.24, 2.45) is 5.92 Å². The van der Waals surface area contributed by atoms with Gasteiger partial charge >= 0.3 is 12.0 Å². The molecule has 7 heteroatoms. The van der Waals surface area contributed by atoms with Crippen molar-refractivity contribution in [2.45, 2.75) is 25.5 Å². The van der Waals surface area contributed by atoms with E-state index >= 15 is 0 Å². The van der Waals surface area contributed by atoms with Gasteiger partial charge in [0.05, 0.1) is 12.0 Å². The zero-order valence-corrected chi connectivity index (χ0v) is 12.1. The molecule has 0 saturated carbocycles. The summed E-state index contributed by atoms with van der Waals surface area (Å²) in [6.07, 6.45) is 0.930. The molecule has 0 aromatic heterocycles. The molecule has 0 bridgehead atoms. The second-order valence-electron chi connectivity index (χ2n) is 5.09. The number of carbonyl (C=O) groups is 2. The first-order valence-electron chi connectivity index (χ1n) is 6.43. The molecule has 0 spiro atoms. The van der Waals surface area contributed by atoms with Crippen molar-refractivity contribution in [1.29, 1.82) is 0 Å². The molecule has 0 aliphatic carbocycles. The molecule has 2 aliphatic rings. The van der Waals surface area contributed by atoms with E-state index in [1.54, 1.807) is 12.0 Å². The lowest BCUT2D eigenvalue weighted by Gasteiger charge is -2.38. The molecule has 2 heterocycles. The summed E-state index contributed by atoms with van der Waals surface area (Å²) in [4.78, 5) is 26.7. The summed E-state index contributed by atoms with van der Waals surface area (Å²) in [6, 6.07) is -0.871. The number of carboxylic acid groups (broad SMARTS) is 1. The van der Waals surface area contributed by atoms with Gasteiger partial charge in [-0.05, 0) is 12.3 Å². The molecule has 2 fully saturated rings. The normalized spacial score (nSPS) is 31.6. The minimum atomic E-state index is -0.924. The molecule has 3 atom stereocenters. The van der Waals surface area contributed by atoms with Crippen molar-refractivity contribution in [3.63, 3.8) is 0 Å². The molecule has 6 nitrogen and oxygen atoms in total. The highest BCUT2D eigenvalue weighted by atomic mass is 32.2. The maximum absolute atomic E-state index is 12.4. The van der Waals surface area contributed by atoms with E-state index in [1.807, 2.05) is 0 Å². The van der Waals surface area contributed by atoms with Crippen LogP contribution >= 0.6 is 11.8 Å². The average Bonchev–Trinajstić information content (AvgIpc) is 2.87. The third-order valence-corrected chi connectivity index (χ3v) is 4.89. The van der Waals surface area contributed by atoms with E-state index in [1.165, 1.54) is 16.7 Å². The lowest BCUT2D eigenvalue weighted by Crippen LogP contribution is -2.54. The van der Waals surface area contributed by atoms with E-state index in [-0.39, 0.29) is 12.1 Å². The van der Waals surface area contributed by atoms with Crippen molar-refractivity contribution in [1.82, 2.24) is 9.80 Å². The Morgan fingerprint density at radius 3 is 2.79 bits per heavy atom. The number of carbonyl (C=O) groups excluding carboxylic acids is 1. The number of nitrogens with zero attached hydrogens (tertiary/aromatic N) is 2. The van der Waals surface area contributed by atoms with Crippen LogP contribution in [-0.2, 0) is 9.53 Å². The van der Waals surface area contributed by atoms with Crippen LogP contribution in [0.4, 0.5) is 4.79 Å². The SMILES string of the molecule is COC1CN(C(=O)N2CSC[C@H]2C(=O)O)CCC1C. The smallest absolute Gasteiger partial charge is 0.327 e. The van der Waals surface area contributed by atoms with Crippen molar-refractivity contribution >= 4 is 23.8 Å². The molecule has 0 aromatic carbocycles. The van der Waals surface area contributed by atoms with Gasteiger partial charge < -0.3 is 19.6 Å². The molecule has 2 amide bonds. The van der Waals surface area contributed by atoms with Gasteiger partial charge in [0.2, 0.25) is 0 Å². The number of likely N-dealkylation sites (tertiary alicyclic amines) is 1. The Balaban J connectivity index is 2.01. The standard InChI is InChI=1S/C12H20N2O4S/c1-8-3-4-13(5-10(8)18-2)12(17)14-7-19-6-9(14)11(15)16/h8-10H,3-7H2,1-2H3,(H,15,16)/t8?,9-,10?/m0/s1. The fourth-order valence-electron chi connectivity index (χ4n) is 2.53. The maximum atomic E-state index is 12.4. The van der Waals surface area contributed by atoms with E-state index in [0.29, 0.717) is 30.6 Å². The van der Waals surface area contributed by atoms with Crippen LogP contribution in [0.15, 0.2) is 0 Å². The van der Waals surface area contributed by atoms with Crippen LogP contribution < -0.4 is 0 Å². The first kappa shape index (κ1) is 14.5. The average molecular weight is 288 g/mol. The topological polar surface area (TPSA) is 70.1 Å². The van der Waals surface area contributed by atoms with Crippen LogP contribution in [0.3, 0.4) is 0 Å². The number of methoxy groups -OCH3 is 1. The van der Waals surface area contributed by atoms with Crippen LogP contribution in [0.25, 0.3) is 0 Å². The Labute approximate surface area is 117 Å². The van der Waals surface area contributed by atoms with Gasteiger partial charge in [0.15, 0.2) is 0 Å². The summed E-state index contributed by atoms with van der Waals surface area (Å²) in [6.45, 7) is 3.33. The summed E-state index contributed by atoms with van der Waals surface area (Å²) in [5.41, 5.74) is 0. The fraction of sp³-hybridized carbons (Fsp3) is 0.833. The van der Waals surface area contributed by atoms with Crippen LogP contribution in [0.2, 0.25) is 0 Å². The largest absolute Gasteiger partial charge is 0.480 e. The lowest BCUT2D eigenvalue weighted by molar-refractivity contribution is -0.141. The number of carboxylic acids is 1. The Bertz CT molecular complexity index is 366. The van der Waals surface area contributed by atoms with Gasteiger partial charge in [-0.1, -0.05) is 6.92 Å². The number of piperidine rings is 1. The fourth-order valence-corrected chi connectivity index (χ4v) is 3.67. The predicted molar refractivity (Wildman–Crippen MR) is 72.1 cm³/mol. The highest BCUT2D eigenvalue weighted by Crippen LogP contribution is 2.25. The van der Waals surface area contributed by atoms with Crippen molar-refractivity contribution in [3.8, 4) is 0 Å². The Morgan fingerprint density at radius 2 is 2.16 bits per heavy atom. The highest BCUT2D eigenvalue weighted by molar-refractivity contribution is 7.99. The molecular weight excluding hydrogens is 268 g/mol. The molecule has 2 unspecified atom stereocenters. The zero-order valence-electron chi connectivity index (χ0n) is 11.2. The number of rotatable bonds is 2. The van der Waals surface area contributed by atoms with E-state index in [0.717, 1.165) is 6.42 Å². The van der Waals surface area contributed by atoms with E-state index in [2.05, 4.69) is 6.92 Å². The van der Waals surface area contributed by atoms with Crippen LogP contribution in [0, 0.1) is 5.92 Å². The molecule has 19 heavy (non-hydrogen) atoms. The molecule has 2 aliphatic heterocycles. The van der Waals surface area contributed by atoms with Gasteiger partial charge in [-0.2, -0.15) is 0 Å². The van der Waals surface area contributed by atoms with Gasteiger partial charge in [0.25, 0.3) is 0 Å². The zero-order chi connectivity index (χ0) is 14.0. The third kappa shape index (κ3) is 2.97. The molecule has 0 aromatic rings. The number of thioether (sulfide) groups is 1. The van der Waals surface area contributed by atoms with E-state index in [9.17, 15) is 9.59 Å². The van der Waals surface area contributed by atoms with Crippen LogP contribution in [-0.4, -0.2) is 70.9 Å². The monoisotopic (exact) mass is 288 g/mol. The Hall–Kier alpha value is -0.950. The predicted octanol–water partition coefficient (Wildman–Crippen LogP) is 0.923. The van der Waals surface area contributed by atoms with Gasteiger partial charge in [0, 0.05) is 26.0 Å². The third-order valence-electron chi connectivity index (χ3n) is 3.88.